The van der Waals surface area contributed by atoms with Crippen LogP contribution in [0.25, 0.3) is 0 Å². The Hall–Kier alpha value is -3.96. The van der Waals surface area contributed by atoms with Crippen LogP contribution in [0.15, 0.2) is 48.5 Å². The van der Waals surface area contributed by atoms with E-state index in [1.165, 1.54) is 21.9 Å². The molecule has 0 spiro atoms. The average Bonchev–Trinajstić information content (AvgIpc) is 3.25. The fourth-order valence-corrected chi connectivity index (χ4v) is 3.63. The monoisotopic (exact) mass is 453 g/mol. The summed E-state index contributed by atoms with van der Waals surface area (Å²) in [5, 5.41) is 20.5. The zero-order valence-corrected chi connectivity index (χ0v) is 17.6. The van der Waals surface area contributed by atoms with E-state index in [-0.39, 0.29) is 19.0 Å². The number of carbonyl (C=O) groups is 3. The maximum Gasteiger partial charge on any atom is 0.414 e. The second kappa shape index (κ2) is 9.27. The van der Waals surface area contributed by atoms with Crippen molar-refractivity contribution in [3.63, 3.8) is 0 Å². The van der Waals surface area contributed by atoms with Crippen LogP contribution in [0.4, 0.5) is 21.9 Å². The number of anilines is 3. The van der Waals surface area contributed by atoms with Crippen molar-refractivity contribution in [3.8, 4) is 0 Å². The predicted molar refractivity (Wildman–Crippen MR) is 119 cm³/mol. The number of cyclic esters (lactones) is 1. The number of hydrogen-bond acceptors (Lipinski definition) is 7. The Kier molecular flexibility index (Phi) is 6.24. The van der Waals surface area contributed by atoms with Gasteiger partial charge in [-0.15, -0.1) is 0 Å². The zero-order chi connectivity index (χ0) is 23.5. The van der Waals surface area contributed by atoms with E-state index in [1.807, 2.05) is 0 Å². The van der Waals surface area contributed by atoms with E-state index in [0.717, 1.165) is 0 Å². The molecule has 2 saturated heterocycles. The molecular weight excluding hydrogens is 430 g/mol. The maximum atomic E-state index is 13.1. The highest BCUT2D eigenvalue weighted by Crippen LogP contribution is 2.27. The summed E-state index contributed by atoms with van der Waals surface area (Å²) in [7, 11) is 0. The van der Waals surface area contributed by atoms with Crippen molar-refractivity contribution in [2.75, 3.05) is 41.4 Å². The molecule has 3 amide bonds. The van der Waals surface area contributed by atoms with Crippen LogP contribution in [-0.4, -0.2) is 67.4 Å². The molecule has 172 valence electrons. The quantitative estimate of drug-likeness (QED) is 0.369. The summed E-state index contributed by atoms with van der Waals surface area (Å²) < 4.78 is 10.4. The van der Waals surface area contributed by atoms with Gasteiger partial charge >= 0.3 is 6.09 Å². The van der Waals surface area contributed by atoms with Gasteiger partial charge in [0.25, 0.3) is 11.8 Å². The first-order valence-corrected chi connectivity index (χ1v) is 10.3. The SMILES string of the molecule is N=C(N)c1ccc(NC(=O)[C@H](O)[C@H]2OCCN(c3cccc(N4CCOC4=O)c3)C2=O)cc1. The number of benzene rings is 2. The lowest BCUT2D eigenvalue weighted by Crippen LogP contribution is -2.55. The molecule has 4 rings (SSSR count). The van der Waals surface area contributed by atoms with Crippen molar-refractivity contribution in [2.24, 2.45) is 5.73 Å². The summed E-state index contributed by atoms with van der Waals surface area (Å²) >= 11 is 0. The molecule has 5 N–H and O–H groups in total. The molecule has 2 aromatic rings. The van der Waals surface area contributed by atoms with Gasteiger partial charge in [0, 0.05) is 29.2 Å². The normalized spacial score (nSPS) is 19.2. The Labute approximate surface area is 189 Å². The van der Waals surface area contributed by atoms with Crippen molar-refractivity contribution in [3.05, 3.63) is 54.1 Å². The van der Waals surface area contributed by atoms with Crippen LogP contribution < -0.4 is 20.9 Å². The average molecular weight is 453 g/mol. The Morgan fingerprint density at radius 1 is 1.09 bits per heavy atom. The lowest BCUT2D eigenvalue weighted by Gasteiger charge is -2.34. The first-order valence-electron chi connectivity index (χ1n) is 10.3. The minimum absolute atomic E-state index is 0.111. The fraction of sp³-hybridized carbons (Fsp3) is 0.273. The van der Waals surface area contributed by atoms with Crippen LogP contribution >= 0.6 is 0 Å². The summed E-state index contributed by atoms with van der Waals surface area (Å²) in [4.78, 5) is 40.3. The molecule has 0 saturated carbocycles. The number of nitrogens with two attached hydrogens (primary N) is 1. The number of nitrogens with zero attached hydrogens (tertiary/aromatic N) is 2. The van der Waals surface area contributed by atoms with E-state index in [1.54, 1.807) is 36.4 Å². The van der Waals surface area contributed by atoms with Crippen LogP contribution in [0.1, 0.15) is 5.56 Å². The van der Waals surface area contributed by atoms with Crippen LogP contribution in [0.5, 0.6) is 0 Å². The van der Waals surface area contributed by atoms with E-state index in [2.05, 4.69) is 5.32 Å². The molecule has 0 bridgehead atoms. The van der Waals surface area contributed by atoms with Gasteiger partial charge in [-0.1, -0.05) is 6.07 Å². The molecule has 0 aliphatic carbocycles. The number of aliphatic hydroxyl groups is 1. The molecule has 2 aliphatic heterocycles. The molecule has 0 unspecified atom stereocenters. The molecule has 11 heteroatoms. The Balaban J connectivity index is 1.46. The Morgan fingerprint density at radius 2 is 1.76 bits per heavy atom. The fourth-order valence-electron chi connectivity index (χ4n) is 3.63. The standard InChI is InChI=1S/C22H23N5O6/c23-19(24)13-4-6-14(7-5-13)25-20(29)17(28)18-21(30)26(8-10-32-18)15-2-1-3-16(12-15)27-9-11-33-22(27)31/h1-7,12,17-18,28H,8-11H2,(H3,23,24)(H,25,29)/t17-,18-/m1/s1. The molecule has 11 nitrogen and oxygen atoms in total. The number of hydrogen-bond donors (Lipinski definition) is 4. The highest BCUT2D eigenvalue weighted by Gasteiger charge is 2.39. The summed E-state index contributed by atoms with van der Waals surface area (Å²) in [6.45, 7) is 1.04. The number of aliphatic hydroxyl groups excluding tert-OH is 1. The van der Waals surface area contributed by atoms with Gasteiger partial charge in [0.15, 0.2) is 12.2 Å². The van der Waals surface area contributed by atoms with Crippen molar-refractivity contribution < 1.29 is 29.0 Å². The Bertz CT molecular complexity index is 1090. The van der Waals surface area contributed by atoms with Gasteiger partial charge in [0.2, 0.25) is 0 Å². The molecule has 2 aromatic carbocycles. The molecule has 2 fully saturated rings. The minimum Gasteiger partial charge on any atom is -0.447 e. The summed E-state index contributed by atoms with van der Waals surface area (Å²) in [6, 6.07) is 13.0. The minimum atomic E-state index is -1.75. The van der Waals surface area contributed by atoms with Crippen LogP contribution in [0.3, 0.4) is 0 Å². The van der Waals surface area contributed by atoms with Crippen LogP contribution in [0.2, 0.25) is 0 Å². The largest absolute Gasteiger partial charge is 0.447 e. The molecule has 2 heterocycles. The summed E-state index contributed by atoms with van der Waals surface area (Å²) in [6.07, 6.45) is -3.60. The summed E-state index contributed by atoms with van der Waals surface area (Å²) in [5.41, 5.74) is 7.36. The van der Waals surface area contributed by atoms with E-state index in [0.29, 0.717) is 35.8 Å². The zero-order valence-electron chi connectivity index (χ0n) is 17.6. The molecule has 0 radical (unpaired) electrons. The predicted octanol–water partition coefficient (Wildman–Crippen LogP) is 0.659. The van der Waals surface area contributed by atoms with E-state index in [4.69, 9.17) is 20.6 Å². The topological polar surface area (TPSA) is 158 Å². The Morgan fingerprint density at radius 3 is 2.39 bits per heavy atom. The molecule has 33 heavy (non-hydrogen) atoms. The number of rotatable bonds is 6. The first-order chi connectivity index (χ1) is 15.8. The van der Waals surface area contributed by atoms with E-state index < -0.39 is 30.1 Å². The molecular formula is C22H23N5O6. The van der Waals surface area contributed by atoms with E-state index in [9.17, 15) is 19.5 Å². The molecule has 2 aliphatic rings. The highest BCUT2D eigenvalue weighted by molar-refractivity contribution is 6.04. The first kappa shape index (κ1) is 22.2. The third-order valence-corrected chi connectivity index (χ3v) is 5.35. The third kappa shape index (κ3) is 4.64. The lowest BCUT2D eigenvalue weighted by atomic mass is 10.1. The molecule has 0 aromatic heterocycles. The third-order valence-electron chi connectivity index (χ3n) is 5.35. The summed E-state index contributed by atoms with van der Waals surface area (Å²) in [5.74, 6) is -1.49. The van der Waals surface area contributed by atoms with E-state index >= 15 is 0 Å². The maximum absolute atomic E-state index is 13.1. The smallest absolute Gasteiger partial charge is 0.414 e. The van der Waals surface area contributed by atoms with Gasteiger partial charge < -0.3 is 30.5 Å². The number of amides is 3. The molecule has 2 atom stereocenters. The second-order valence-electron chi connectivity index (χ2n) is 7.49. The number of morpholine rings is 1. The van der Waals surface area contributed by atoms with Crippen LogP contribution in [0, 0.1) is 5.41 Å². The lowest BCUT2D eigenvalue weighted by molar-refractivity contribution is -0.150. The van der Waals surface area contributed by atoms with Gasteiger partial charge in [0.05, 0.1) is 13.2 Å². The van der Waals surface area contributed by atoms with Crippen molar-refractivity contribution >= 4 is 40.8 Å². The van der Waals surface area contributed by atoms with Crippen molar-refractivity contribution in [1.82, 2.24) is 0 Å². The second-order valence-corrected chi connectivity index (χ2v) is 7.49. The van der Waals surface area contributed by atoms with Crippen molar-refractivity contribution in [1.29, 1.82) is 5.41 Å². The van der Waals surface area contributed by atoms with Gasteiger partial charge in [-0.25, -0.2) is 4.79 Å². The van der Waals surface area contributed by atoms with Gasteiger partial charge in [-0.3, -0.25) is 19.9 Å². The number of amidine groups is 1. The van der Waals surface area contributed by atoms with Gasteiger partial charge in [0.1, 0.15) is 12.4 Å². The van der Waals surface area contributed by atoms with Gasteiger partial charge in [-0.05, 0) is 42.5 Å². The van der Waals surface area contributed by atoms with Crippen molar-refractivity contribution in [2.45, 2.75) is 12.2 Å². The highest BCUT2D eigenvalue weighted by atomic mass is 16.6. The number of nitrogen functional groups attached to an aromatic ring is 1. The van der Waals surface area contributed by atoms with Gasteiger partial charge in [-0.2, -0.15) is 0 Å². The number of ether oxygens (including phenoxy) is 2. The number of nitrogens with one attached hydrogen (secondary N) is 2. The number of carbonyl (C=O) groups excluding carboxylic acids is 3. The van der Waals surface area contributed by atoms with Crippen LogP contribution in [-0.2, 0) is 19.1 Å².